The first kappa shape index (κ1) is 11.6. The molecule has 88 valence electrons. The lowest BCUT2D eigenvalue weighted by Gasteiger charge is -2.22. The molecule has 2 heteroatoms. The quantitative estimate of drug-likeness (QED) is 0.773. The SMILES string of the molecule is Cc1ccncc1C(O)C1CCCCCC1. The number of aromatic nitrogens is 1. The summed E-state index contributed by atoms with van der Waals surface area (Å²) in [4.78, 5) is 4.12. The van der Waals surface area contributed by atoms with Gasteiger partial charge in [0.2, 0.25) is 0 Å². The predicted octanol–water partition coefficient (Wildman–Crippen LogP) is 3.39. The van der Waals surface area contributed by atoms with E-state index in [1.807, 2.05) is 12.3 Å². The van der Waals surface area contributed by atoms with Crippen LogP contribution in [0.2, 0.25) is 0 Å². The van der Waals surface area contributed by atoms with Gasteiger partial charge in [0, 0.05) is 18.0 Å². The smallest absolute Gasteiger partial charge is 0.0835 e. The van der Waals surface area contributed by atoms with Gasteiger partial charge in [-0.05, 0) is 37.3 Å². The molecule has 1 aliphatic rings. The summed E-state index contributed by atoms with van der Waals surface area (Å²) >= 11 is 0. The number of aliphatic hydroxyl groups excluding tert-OH is 1. The zero-order chi connectivity index (χ0) is 11.4. The fourth-order valence-electron chi connectivity index (χ4n) is 2.67. The van der Waals surface area contributed by atoms with E-state index in [0.717, 1.165) is 24.0 Å². The van der Waals surface area contributed by atoms with Crippen molar-refractivity contribution in [2.75, 3.05) is 0 Å². The molecule has 1 saturated carbocycles. The minimum absolute atomic E-state index is 0.313. The van der Waals surface area contributed by atoms with Gasteiger partial charge in [-0.1, -0.05) is 25.7 Å². The molecule has 0 aromatic carbocycles. The minimum atomic E-state index is -0.313. The summed E-state index contributed by atoms with van der Waals surface area (Å²) in [5.74, 6) is 0.436. The lowest BCUT2D eigenvalue weighted by molar-refractivity contribution is 0.0979. The Labute approximate surface area is 97.7 Å². The van der Waals surface area contributed by atoms with Crippen molar-refractivity contribution in [1.29, 1.82) is 0 Å². The fourth-order valence-corrected chi connectivity index (χ4v) is 2.67. The third-order valence-electron chi connectivity index (χ3n) is 3.74. The number of aryl methyl sites for hydroxylation is 1. The summed E-state index contributed by atoms with van der Waals surface area (Å²) in [5.41, 5.74) is 2.18. The molecular formula is C14H21NO. The largest absolute Gasteiger partial charge is 0.388 e. The Balaban J connectivity index is 2.11. The first-order chi connectivity index (χ1) is 7.79. The molecule has 0 bridgehead atoms. The molecule has 0 radical (unpaired) electrons. The van der Waals surface area contributed by atoms with E-state index >= 15 is 0 Å². The van der Waals surface area contributed by atoms with Gasteiger partial charge in [-0.15, -0.1) is 0 Å². The summed E-state index contributed by atoms with van der Waals surface area (Å²) in [6.45, 7) is 2.05. The zero-order valence-electron chi connectivity index (χ0n) is 10.0. The molecule has 1 fully saturated rings. The van der Waals surface area contributed by atoms with E-state index < -0.39 is 0 Å². The van der Waals surface area contributed by atoms with Crippen LogP contribution in [-0.4, -0.2) is 10.1 Å². The van der Waals surface area contributed by atoms with Crippen LogP contribution in [0.25, 0.3) is 0 Å². The van der Waals surface area contributed by atoms with Gasteiger partial charge < -0.3 is 5.11 Å². The van der Waals surface area contributed by atoms with E-state index in [1.54, 1.807) is 6.20 Å². The van der Waals surface area contributed by atoms with Crippen LogP contribution >= 0.6 is 0 Å². The highest BCUT2D eigenvalue weighted by atomic mass is 16.3. The van der Waals surface area contributed by atoms with Crippen molar-refractivity contribution in [1.82, 2.24) is 4.98 Å². The van der Waals surface area contributed by atoms with Gasteiger partial charge in [0.15, 0.2) is 0 Å². The molecule has 0 spiro atoms. The third-order valence-corrected chi connectivity index (χ3v) is 3.74. The molecule has 16 heavy (non-hydrogen) atoms. The first-order valence-corrected chi connectivity index (χ1v) is 6.37. The van der Waals surface area contributed by atoms with Crippen molar-refractivity contribution in [3.63, 3.8) is 0 Å². The van der Waals surface area contributed by atoms with Crippen molar-refractivity contribution in [3.8, 4) is 0 Å². The predicted molar refractivity (Wildman–Crippen MR) is 65.1 cm³/mol. The van der Waals surface area contributed by atoms with Gasteiger partial charge in [0.25, 0.3) is 0 Å². The van der Waals surface area contributed by atoms with Crippen LogP contribution in [0.5, 0.6) is 0 Å². The molecule has 1 heterocycles. The topological polar surface area (TPSA) is 33.1 Å². The van der Waals surface area contributed by atoms with Crippen molar-refractivity contribution in [2.45, 2.75) is 51.6 Å². The molecule has 1 aromatic rings. The molecule has 1 N–H and O–H groups in total. The highest BCUT2D eigenvalue weighted by Crippen LogP contribution is 2.34. The number of nitrogens with zero attached hydrogens (tertiary/aromatic N) is 1. The second-order valence-electron chi connectivity index (χ2n) is 4.93. The molecule has 0 saturated heterocycles. The van der Waals surface area contributed by atoms with E-state index in [1.165, 1.54) is 25.7 Å². The highest BCUT2D eigenvalue weighted by Gasteiger charge is 2.23. The van der Waals surface area contributed by atoms with Crippen LogP contribution in [-0.2, 0) is 0 Å². The van der Waals surface area contributed by atoms with E-state index in [0.29, 0.717) is 5.92 Å². The maximum absolute atomic E-state index is 10.4. The molecule has 2 rings (SSSR count). The van der Waals surface area contributed by atoms with Crippen LogP contribution in [0, 0.1) is 12.8 Å². The van der Waals surface area contributed by atoms with Crippen LogP contribution in [0.3, 0.4) is 0 Å². The van der Waals surface area contributed by atoms with Crippen LogP contribution in [0.1, 0.15) is 55.8 Å². The Morgan fingerprint density at radius 1 is 1.25 bits per heavy atom. The van der Waals surface area contributed by atoms with Gasteiger partial charge in [0.1, 0.15) is 0 Å². The van der Waals surface area contributed by atoms with E-state index in [9.17, 15) is 5.11 Å². The number of hydrogen-bond donors (Lipinski definition) is 1. The molecular weight excluding hydrogens is 198 g/mol. The average Bonchev–Trinajstić information content (AvgIpc) is 2.57. The summed E-state index contributed by atoms with van der Waals surface area (Å²) in [7, 11) is 0. The molecule has 1 unspecified atom stereocenters. The van der Waals surface area contributed by atoms with Gasteiger partial charge in [-0.2, -0.15) is 0 Å². The second-order valence-corrected chi connectivity index (χ2v) is 4.93. The monoisotopic (exact) mass is 219 g/mol. The number of hydrogen-bond acceptors (Lipinski definition) is 2. The van der Waals surface area contributed by atoms with Crippen molar-refractivity contribution < 1.29 is 5.11 Å². The zero-order valence-corrected chi connectivity index (χ0v) is 10.0. The highest BCUT2D eigenvalue weighted by molar-refractivity contribution is 5.24. The van der Waals surface area contributed by atoms with E-state index in [-0.39, 0.29) is 6.10 Å². The lowest BCUT2D eigenvalue weighted by atomic mass is 9.88. The Hall–Kier alpha value is -0.890. The minimum Gasteiger partial charge on any atom is -0.388 e. The third kappa shape index (κ3) is 2.62. The maximum Gasteiger partial charge on any atom is 0.0835 e. The summed E-state index contributed by atoms with van der Waals surface area (Å²) in [6, 6.07) is 1.98. The summed E-state index contributed by atoms with van der Waals surface area (Å²) < 4.78 is 0. The molecule has 0 amide bonds. The van der Waals surface area contributed by atoms with Gasteiger partial charge in [-0.25, -0.2) is 0 Å². The van der Waals surface area contributed by atoms with E-state index in [4.69, 9.17) is 0 Å². The molecule has 1 aliphatic carbocycles. The Bertz CT molecular complexity index is 329. The molecule has 0 aliphatic heterocycles. The van der Waals surface area contributed by atoms with Crippen LogP contribution < -0.4 is 0 Å². The maximum atomic E-state index is 10.4. The molecule has 1 atom stereocenters. The fraction of sp³-hybridized carbons (Fsp3) is 0.643. The van der Waals surface area contributed by atoms with E-state index in [2.05, 4.69) is 11.9 Å². The Morgan fingerprint density at radius 2 is 1.94 bits per heavy atom. The summed E-state index contributed by atoms with van der Waals surface area (Å²) in [5, 5.41) is 10.4. The van der Waals surface area contributed by atoms with Crippen LogP contribution in [0.4, 0.5) is 0 Å². The molecule has 1 aromatic heterocycles. The number of pyridine rings is 1. The average molecular weight is 219 g/mol. The van der Waals surface area contributed by atoms with Gasteiger partial charge >= 0.3 is 0 Å². The van der Waals surface area contributed by atoms with Gasteiger partial charge in [0.05, 0.1) is 6.10 Å². The van der Waals surface area contributed by atoms with Crippen molar-refractivity contribution in [2.24, 2.45) is 5.92 Å². The number of aliphatic hydroxyl groups is 1. The normalized spacial score (nSPS) is 20.4. The first-order valence-electron chi connectivity index (χ1n) is 6.37. The standard InChI is InChI=1S/C14H21NO/c1-11-8-9-15-10-13(11)14(16)12-6-4-2-3-5-7-12/h8-10,12,14,16H,2-7H2,1H3. The number of rotatable bonds is 2. The van der Waals surface area contributed by atoms with Crippen molar-refractivity contribution in [3.05, 3.63) is 29.6 Å². The Morgan fingerprint density at radius 3 is 2.56 bits per heavy atom. The van der Waals surface area contributed by atoms with Crippen molar-refractivity contribution >= 4 is 0 Å². The summed E-state index contributed by atoms with van der Waals surface area (Å²) in [6.07, 6.45) is 10.8. The van der Waals surface area contributed by atoms with Gasteiger partial charge in [-0.3, -0.25) is 4.98 Å². The second kappa shape index (κ2) is 5.44. The molecule has 2 nitrogen and oxygen atoms in total. The van der Waals surface area contributed by atoms with Crippen LogP contribution in [0.15, 0.2) is 18.5 Å². The Kier molecular flexibility index (Phi) is 3.94. The lowest BCUT2D eigenvalue weighted by Crippen LogP contribution is -2.13.